The minimum atomic E-state index is -0.823. The monoisotopic (exact) mass is 366 g/mol. The van der Waals surface area contributed by atoms with Gasteiger partial charge in [-0.05, 0) is 35.7 Å². The molecule has 0 spiro atoms. The normalized spacial score (nSPS) is 15.6. The lowest BCUT2D eigenvalue weighted by atomic mass is 9.95. The van der Waals surface area contributed by atoms with Crippen LogP contribution in [0.5, 0.6) is 11.5 Å². The van der Waals surface area contributed by atoms with Gasteiger partial charge in [0.05, 0.1) is 18.7 Å². The number of fused-ring (bicyclic) bond motifs is 1. The van der Waals surface area contributed by atoms with Crippen molar-refractivity contribution in [1.29, 1.82) is 0 Å². The Labute approximate surface area is 155 Å². The average Bonchev–Trinajstić information content (AvgIpc) is 3.23. The number of carbonyl (C=O) groups is 1. The molecule has 1 atom stereocenters. The summed E-state index contributed by atoms with van der Waals surface area (Å²) in [5.74, 6) is 0.800. The lowest BCUT2D eigenvalue weighted by molar-refractivity contribution is -0.143. The molecule has 1 N–H and O–H groups in total. The van der Waals surface area contributed by atoms with Gasteiger partial charge in [0.15, 0.2) is 5.82 Å². The molecule has 1 unspecified atom stereocenters. The van der Waals surface area contributed by atoms with Crippen LogP contribution in [0.15, 0.2) is 49.2 Å². The van der Waals surface area contributed by atoms with Crippen LogP contribution in [0.1, 0.15) is 11.1 Å². The van der Waals surface area contributed by atoms with Crippen molar-refractivity contribution in [2.24, 2.45) is 5.92 Å². The Hall–Kier alpha value is -3.42. The van der Waals surface area contributed by atoms with Crippen LogP contribution in [0, 0.1) is 5.92 Å². The number of carboxylic acid groups (broad SMARTS) is 1. The largest absolute Gasteiger partial charge is 0.492 e. The molecule has 0 amide bonds. The molecule has 2 aromatic heterocycles. The highest BCUT2D eigenvalue weighted by Crippen LogP contribution is 2.28. The predicted octanol–water partition coefficient (Wildman–Crippen LogP) is 1.92. The van der Waals surface area contributed by atoms with Crippen molar-refractivity contribution in [3.8, 4) is 17.3 Å². The molecule has 3 aromatic rings. The van der Waals surface area contributed by atoms with Crippen molar-refractivity contribution >= 4 is 5.97 Å². The van der Waals surface area contributed by atoms with Crippen molar-refractivity contribution in [2.75, 3.05) is 13.2 Å². The van der Waals surface area contributed by atoms with E-state index in [1.807, 2.05) is 30.3 Å². The molecule has 3 heterocycles. The van der Waals surface area contributed by atoms with Crippen molar-refractivity contribution in [1.82, 2.24) is 19.7 Å². The second kappa shape index (κ2) is 7.45. The van der Waals surface area contributed by atoms with Crippen molar-refractivity contribution < 1.29 is 19.4 Å². The quantitative estimate of drug-likeness (QED) is 0.711. The van der Waals surface area contributed by atoms with Gasteiger partial charge in [-0.2, -0.15) is 5.10 Å². The number of ether oxygens (including phenoxy) is 2. The molecule has 8 heteroatoms. The number of aliphatic carboxylic acids is 1. The van der Waals surface area contributed by atoms with E-state index < -0.39 is 11.9 Å². The Morgan fingerprint density at radius 3 is 3.00 bits per heavy atom. The summed E-state index contributed by atoms with van der Waals surface area (Å²) in [6.07, 6.45) is 5.88. The summed E-state index contributed by atoms with van der Waals surface area (Å²) in [7, 11) is 0. The fourth-order valence-corrected chi connectivity index (χ4v) is 2.97. The third-order valence-electron chi connectivity index (χ3n) is 4.41. The molecular formula is C19H18N4O4. The summed E-state index contributed by atoms with van der Waals surface area (Å²) in [5, 5.41) is 13.2. The maximum Gasteiger partial charge on any atom is 0.310 e. The molecule has 4 rings (SSSR count). The summed E-state index contributed by atoms with van der Waals surface area (Å²) in [4.78, 5) is 19.3. The van der Waals surface area contributed by atoms with Gasteiger partial charge in [0.25, 0.3) is 0 Å². The van der Waals surface area contributed by atoms with E-state index in [0.717, 1.165) is 16.9 Å². The zero-order chi connectivity index (χ0) is 18.6. The number of aromatic nitrogens is 4. The molecule has 0 saturated carbocycles. The van der Waals surface area contributed by atoms with E-state index >= 15 is 0 Å². The van der Waals surface area contributed by atoms with Crippen molar-refractivity contribution in [3.05, 3.63) is 60.3 Å². The Balaban J connectivity index is 1.34. The molecule has 0 bridgehead atoms. The highest BCUT2D eigenvalue weighted by Gasteiger charge is 2.25. The first-order valence-corrected chi connectivity index (χ1v) is 8.60. The molecule has 0 fully saturated rings. The van der Waals surface area contributed by atoms with Gasteiger partial charge in [0.2, 0.25) is 0 Å². The SMILES string of the molecule is O=C(O)C1COc2ccc(CCOc3ccc(-n4cncn4)nc3)cc2C1. The Morgan fingerprint density at radius 2 is 2.26 bits per heavy atom. The fraction of sp³-hybridized carbons (Fsp3) is 0.263. The summed E-state index contributed by atoms with van der Waals surface area (Å²) in [6.45, 7) is 0.717. The molecule has 27 heavy (non-hydrogen) atoms. The number of benzene rings is 1. The van der Waals surface area contributed by atoms with Gasteiger partial charge in [0.1, 0.15) is 30.8 Å². The lowest BCUT2D eigenvalue weighted by Gasteiger charge is -2.23. The molecule has 0 aliphatic carbocycles. The Kier molecular flexibility index (Phi) is 4.69. The summed E-state index contributed by atoms with van der Waals surface area (Å²) in [6, 6.07) is 9.53. The second-order valence-electron chi connectivity index (χ2n) is 6.28. The smallest absolute Gasteiger partial charge is 0.310 e. The van der Waals surface area contributed by atoms with Crippen LogP contribution in [-0.4, -0.2) is 44.0 Å². The molecule has 138 valence electrons. The Morgan fingerprint density at radius 1 is 1.33 bits per heavy atom. The Bertz CT molecular complexity index is 925. The first-order valence-electron chi connectivity index (χ1n) is 8.60. The molecule has 1 aromatic carbocycles. The summed E-state index contributed by atoms with van der Waals surface area (Å²) in [5.41, 5.74) is 2.01. The standard InChI is InChI=1S/C19H18N4O4/c24-19(25)15-8-14-7-13(1-3-17(14)27-10-15)5-6-26-16-2-4-18(21-9-16)23-12-20-11-22-23/h1-4,7,9,11-12,15H,5-6,8,10H2,(H,24,25). The van der Waals surface area contributed by atoms with Crippen LogP contribution in [0.25, 0.3) is 5.82 Å². The van der Waals surface area contributed by atoms with E-state index in [1.54, 1.807) is 17.2 Å². The molecule has 0 radical (unpaired) electrons. The third kappa shape index (κ3) is 3.89. The minimum Gasteiger partial charge on any atom is -0.492 e. The van der Waals surface area contributed by atoms with Gasteiger partial charge >= 0.3 is 5.97 Å². The molecule has 1 aliphatic rings. The maximum atomic E-state index is 11.2. The topological polar surface area (TPSA) is 99.4 Å². The molecule has 8 nitrogen and oxygen atoms in total. The van der Waals surface area contributed by atoms with Crippen LogP contribution < -0.4 is 9.47 Å². The van der Waals surface area contributed by atoms with Gasteiger partial charge in [-0.1, -0.05) is 12.1 Å². The predicted molar refractivity (Wildman–Crippen MR) is 95.1 cm³/mol. The van der Waals surface area contributed by atoms with Crippen molar-refractivity contribution in [2.45, 2.75) is 12.8 Å². The second-order valence-corrected chi connectivity index (χ2v) is 6.28. The highest BCUT2D eigenvalue weighted by molar-refractivity contribution is 5.71. The van der Waals surface area contributed by atoms with Crippen LogP contribution in [0.3, 0.4) is 0 Å². The third-order valence-corrected chi connectivity index (χ3v) is 4.41. The van der Waals surface area contributed by atoms with Crippen molar-refractivity contribution in [3.63, 3.8) is 0 Å². The van der Waals surface area contributed by atoms with Gasteiger partial charge in [-0.3, -0.25) is 4.79 Å². The highest BCUT2D eigenvalue weighted by atomic mass is 16.5. The fourth-order valence-electron chi connectivity index (χ4n) is 2.97. The molecule has 1 aliphatic heterocycles. The van der Waals surface area contributed by atoms with E-state index in [-0.39, 0.29) is 6.61 Å². The van der Waals surface area contributed by atoms with Gasteiger partial charge < -0.3 is 14.6 Å². The average molecular weight is 366 g/mol. The number of nitrogens with zero attached hydrogens (tertiary/aromatic N) is 4. The lowest BCUT2D eigenvalue weighted by Crippen LogP contribution is -2.27. The molecule has 0 saturated heterocycles. The zero-order valence-corrected chi connectivity index (χ0v) is 14.5. The maximum absolute atomic E-state index is 11.2. The summed E-state index contributed by atoms with van der Waals surface area (Å²) < 4.78 is 12.9. The van der Waals surface area contributed by atoms with Gasteiger partial charge in [0, 0.05) is 6.42 Å². The van der Waals surface area contributed by atoms with E-state index in [4.69, 9.17) is 14.6 Å². The van der Waals surface area contributed by atoms with Crippen LogP contribution in [0.4, 0.5) is 0 Å². The number of hydrogen-bond acceptors (Lipinski definition) is 6. The minimum absolute atomic E-state index is 0.225. The first-order chi connectivity index (χ1) is 13.2. The van der Waals surface area contributed by atoms with Gasteiger partial charge in [-0.15, -0.1) is 0 Å². The van der Waals surface area contributed by atoms with E-state index in [0.29, 0.717) is 31.0 Å². The van der Waals surface area contributed by atoms with E-state index in [9.17, 15) is 4.79 Å². The molecular weight excluding hydrogens is 348 g/mol. The number of rotatable bonds is 6. The number of carboxylic acids is 1. The first kappa shape index (κ1) is 17.0. The van der Waals surface area contributed by atoms with Crippen LogP contribution in [0.2, 0.25) is 0 Å². The zero-order valence-electron chi connectivity index (χ0n) is 14.5. The van der Waals surface area contributed by atoms with E-state index in [1.165, 1.54) is 6.33 Å². The van der Waals surface area contributed by atoms with Crippen LogP contribution in [-0.2, 0) is 17.6 Å². The number of hydrogen-bond donors (Lipinski definition) is 1. The summed E-state index contributed by atoms with van der Waals surface area (Å²) >= 11 is 0. The van der Waals surface area contributed by atoms with Gasteiger partial charge in [-0.25, -0.2) is 14.6 Å². The van der Waals surface area contributed by atoms with Crippen LogP contribution >= 0.6 is 0 Å². The van der Waals surface area contributed by atoms with E-state index in [2.05, 4.69) is 15.1 Å². The number of pyridine rings is 1.